The van der Waals surface area contributed by atoms with Crippen LogP contribution in [0.5, 0.6) is 0 Å². The predicted molar refractivity (Wildman–Crippen MR) is 102 cm³/mol. The fraction of sp³-hybridized carbons (Fsp3) is 0.263. The molecule has 1 atom stereocenters. The van der Waals surface area contributed by atoms with Gasteiger partial charge in [-0.1, -0.05) is 0 Å². The van der Waals surface area contributed by atoms with Crippen LogP contribution in [0.1, 0.15) is 23.9 Å². The lowest BCUT2D eigenvalue weighted by Gasteiger charge is -2.18. The number of ether oxygens (including phenoxy) is 1. The zero-order valence-electron chi connectivity index (χ0n) is 15.4. The Hall–Kier alpha value is -2.87. The van der Waals surface area contributed by atoms with Crippen LogP contribution in [0.3, 0.4) is 0 Å². The van der Waals surface area contributed by atoms with Crippen molar-refractivity contribution in [2.45, 2.75) is 26.8 Å². The Labute approximate surface area is 161 Å². The number of methoxy groups -OCH3 is 1. The molecule has 0 bridgehead atoms. The van der Waals surface area contributed by atoms with Crippen molar-refractivity contribution in [2.24, 2.45) is 0 Å². The predicted octanol–water partition coefficient (Wildman–Crippen LogP) is 3.09. The number of thioether (sulfide) groups is 1. The number of carbonyl (C=O) groups excluding carboxylic acids is 3. The van der Waals surface area contributed by atoms with E-state index < -0.39 is 23.2 Å². The van der Waals surface area contributed by atoms with E-state index in [0.717, 1.165) is 39.3 Å². The molecule has 3 rings (SSSR count). The van der Waals surface area contributed by atoms with Crippen molar-refractivity contribution in [1.29, 1.82) is 0 Å². The number of aryl methyl sites for hydroxylation is 1. The summed E-state index contributed by atoms with van der Waals surface area (Å²) in [7, 11) is 1.22. The van der Waals surface area contributed by atoms with Crippen molar-refractivity contribution in [2.75, 3.05) is 7.11 Å². The van der Waals surface area contributed by atoms with Gasteiger partial charge in [-0.2, -0.15) is 0 Å². The lowest BCUT2D eigenvalue weighted by atomic mass is 10.2. The molecule has 1 aliphatic rings. The van der Waals surface area contributed by atoms with E-state index in [1.807, 2.05) is 36.6 Å². The number of rotatable bonds is 4. The van der Waals surface area contributed by atoms with Crippen LogP contribution in [0, 0.1) is 13.8 Å². The highest BCUT2D eigenvalue weighted by Gasteiger charge is 2.41. The normalized spacial score (nSPS) is 16.9. The highest BCUT2D eigenvalue weighted by atomic mass is 32.2. The molecule has 1 aliphatic heterocycles. The van der Waals surface area contributed by atoms with Crippen molar-refractivity contribution in [1.82, 2.24) is 14.5 Å². The molecule has 0 spiro atoms. The first-order chi connectivity index (χ1) is 12.8. The largest absolute Gasteiger partial charge is 0.467 e. The molecule has 0 saturated carbocycles. The van der Waals surface area contributed by atoms with Gasteiger partial charge < -0.3 is 9.30 Å². The maximum atomic E-state index is 12.6. The standard InChI is InChI=1S/C19H19N3O4S/c1-11-8-14(12(2)21(11)15-6-5-7-20-10-15)9-16-17(23)22(19(25)27-16)13(3)18(24)26-4/h5-10,13H,1-4H3/b16-9-/t13-/m1/s1. The average molecular weight is 385 g/mol. The van der Waals surface area contributed by atoms with Crippen LogP contribution in [-0.4, -0.2) is 44.7 Å². The summed E-state index contributed by atoms with van der Waals surface area (Å²) >= 11 is 0.822. The Bertz CT molecular complexity index is 949. The Kier molecular flexibility index (Phi) is 5.18. The van der Waals surface area contributed by atoms with Gasteiger partial charge in [0, 0.05) is 17.6 Å². The van der Waals surface area contributed by atoms with E-state index in [-0.39, 0.29) is 4.91 Å². The quantitative estimate of drug-likeness (QED) is 0.594. The zero-order valence-corrected chi connectivity index (χ0v) is 16.2. The SMILES string of the molecule is COC(=O)[C@@H](C)N1C(=O)S/C(=C\c2cc(C)n(-c3cccnc3)c2C)C1=O. The minimum absolute atomic E-state index is 0.280. The number of aromatic nitrogens is 2. The second kappa shape index (κ2) is 7.40. The molecule has 27 heavy (non-hydrogen) atoms. The molecule has 3 heterocycles. The summed E-state index contributed by atoms with van der Waals surface area (Å²) in [5, 5.41) is -0.481. The minimum Gasteiger partial charge on any atom is -0.467 e. The molecule has 2 aromatic heterocycles. The number of imide groups is 1. The second-order valence-corrected chi connectivity index (χ2v) is 7.12. The van der Waals surface area contributed by atoms with Crippen LogP contribution in [0.4, 0.5) is 4.79 Å². The Balaban J connectivity index is 1.96. The van der Waals surface area contributed by atoms with E-state index in [1.54, 1.807) is 18.5 Å². The van der Waals surface area contributed by atoms with E-state index in [4.69, 9.17) is 0 Å². The van der Waals surface area contributed by atoms with Crippen LogP contribution in [-0.2, 0) is 14.3 Å². The van der Waals surface area contributed by atoms with Crippen molar-refractivity contribution >= 4 is 35.0 Å². The highest BCUT2D eigenvalue weighted by molar-refractivity contribution is 8.18. The van der Waals surface area contributed by atoms with Gasteiger partial charge in [0.15, 0.2) is 0 Å². The van der Waals surface area contributed by atoms with E-state index in [2.05, 4.69) is 9.72 Å². The van der Waals surface area contributed by atoms with Gasteiger partial charge in [0.05, 0.1) is 23.9 Å². The third kappa shape index (κ3) is 3.40. The molecule has 1 fully saturated rings. The number of hydrogen-bond donors (Lipinski definition) is 0. The number of hydrogen-bond acceptors (Lipinski definition) is 6. The number of pyridine rings is 1. The van der Waals surface area contributed by atoms with Crippen molar-refractivity contribution in [3.63, 3.8) is 0 Å². The molecule has 0 N–H and O–H groups in total. The van der Waals surface area contributed by atoms with Crippen LogP contribution < -0.4 is 0 Å². The van der Waals surface area contributed by atoms with Crippen molar-refractivity contribution < 1.29 is 19.1 Å². The van der Waals surface area contributed by atoms with Gasteiger partial charge in [0.2, 0.25) is 0 Å². The third-order valence-electron chi connectivity index (χ3n) is 4.41. The molecule has 2 amide bonds. The number of amides is 2. The molecule has 1 saturated heterocycles. The Morgan fingerprint density at radius 1 is 1.33 bits per heavy atom. The van der Waals surface area contributed by atoms with Crippen molar-refractivity contribution in [3.8, 4) is 5.69 Å². The third-order valence-corrected chi connectivity index (χ3v) is 5.30. The summed E-state index contributed by atoms with van der Waals surface area (Å²) in [6, 6.07) is 4.78. The molecular weight excluding hydrogens is 366 g/mol. The van der Waals surface area contributed by atoms with E-state index >= 15 is 0 Å². The number of carbonyl (C=O) groups is 3. The molecule has 140 valence electrons. The molecule has 2 aromatic rings. The summed E-state index contributed by atoms with van der Waals surface area (Å²) in [4.78, 5) is 41.9. The Morgan fingerprint density at radius 3 is 2.70 bits per heavy atom. The van der Waals surface area contributed by atoms with Gasteiger partial charge in [-0.05, 0) is 62.4 Å². The molecule has 0 aromatic carbocycles. The lowest BCUT2D eigenvalue weighted by Crippen LogP contribution is -2.42. The summed E-state index contributed by atoms with van der Waals surface area (Å²) in [5.74, 6) is -1.12. The Morgan fingerprint density at radius 2 is 2.07 bits per heavy atom. The maximum Gasteiger partial charge on any atom is 0.328 e. The van der Waals surface area contributed by atoms with E-state index in [0.29, 0.717) is 0 Å². The smallest absolute Gasteiger partial charge is 0.328 e. The van der Waals surface area contributed by atoms with Crippen LogP contribution in [0.2, 0.25) is 0 Å². The molecule has 7 nitrogen and oxygen atoms in total. The summed E-state index contributed by atoms with van der Waals surface area (Å²) < 4.78 is 6.67. The fourth-order valence-corrected chi connectivity index (χ4v) is 3.95. The van der Waals surface area contributed by atoms with Gasteiger partial charge >= 0.3 is 5.97 Å². The minimum atomic E-state index is -0.962. The monoisotopic (exact) mass is 385 g/mol. The second-order valence-electron chi connectivity index (χ2n) is 6.12. The van der Waals surface area contributed by atoms with E-state index in [9.17, 15) is 14.4 Å². The van der Waals surface area contributed by atoms with Crippen LogP contribution in [0.15, 0.2) is 35.5 Å². The summed E-state index contributed by atoms with van der Waals surface area (Å²) in [6.07, 6.45) is 5.15. The van der Waals surface area contributed by atoms with Gasteiger partial charge in [-0.15, -0.1) is 0 Å². The van der Waals surface area contributed by atoms with Gasteiger partial charge in [0.25, 0.3) is 11.1 Å². The summed E-state index contributed by atoms with van der Waals surface area (Å²) in [5.41, 5.74) is 3.65. The van der Waals surface area contributed by atoms with Gasteiger partial charge in [-0.3, -0.25) is 19.5 Å². The van der Waals surface area contributed by atoms with Crippen molar-refractivity contribution in [3.05, 3.63) is 52.4 Å². The molecule has 0 aliphatic carbocycles. The maximum absolute atomic E-state index is 12.6. The van der Waals surface area contributed by atoms with Crippen LogP contribution in [0.25, 0.3) is 11.8 Å². The first kappa shape index (κ1) is 18.9. The average Bonchev–Trinajstić information content (AvgIpc) is 3.09. The number of esters is 1. The molecular formula is C19H19N3O4S. The molecule has 0 unspecified atom stereocenters. The van der Waals surface area contributed by atoms with Gasteiger partial charge in [0.1, 0.15) is 6.04 Å². The topological polar surface area (TPSA) is 81.5 Å². The van der Waals surface area contributed by atoms with E-state index in [1.165, 1.54) is 14.0 Å². The highest BCUT2D eigenvalue weighted by Crippen LogP contribution is 2.35. The molecule has 0 radical (unpaired) electrons. The fourth-order valence-electron chi connectivity index (χ4n) is 3.05. The number of nitrogens with zero attached hydrogens (tertiary/aromatic N) is 3. The first-order valence-electron chi connectivity index (χ1n) is 8.29. The lowest BCUT2D eigenvalue weighted by molar-refractivity contribution is -0.148. The zero-order chi connectivity index (χ0) is 19.7. The molecule has 8 heteroatoms. The van der Waals surface area contributed by atoms with Crippen LogP contribution >= 0.6 is 11.8 Å². The van der Waals surface area contributed by atoms with Gasteiger partial charge in [-0.25, -0.2) is 4.79 Å². The first-order valence-corrected chi connectivity index (χ1v) is 9.11. The summed E-state index contributed by atoms with van der Waals surface area (Å²) in [6.45, 7) is 5.37.